The van der Waals surface area contributed by atoms with E-state index in [2.05, 4.69) is 192 Å². The number of pyridine rings is 4. The van der Waals surface area contributed by atoms with E-state index in [1.54, 1.807) is 6.33 Å². The molecule has 0 aliphatic heterocycles. The molecule has 13 heteroatoms. The Kier molecular flexibility index (Phi) is 68.9. The van der Waals surface area contributed by atoms with E-state index in [0.29, 0.717) is 0 Å². The average Bonchev–Trinajstić information content (AvgIpc) is 2.02. The Morgan fingerprint density at radius 2 is 0.542 bits per heavy atom. The molecule has 0 spiro atoms. The third kappa shape index (κ3) is 28.4. The third-order valence-electron chi connectivity index (χ3n) is 14.2. The Bertz CT molecular complexity index is 3220. The molecule has 0 amide bonds. The number of imidazole rings is 3. The van der Waals surface area contributed by atoms with Gasteiger partial charge < -0.3 is 27.4 Å². The maximum atomic E-state index is 4.34. The molecule has 0 saturated carbocycles. The molecular weight excluding hydrogens is 1180 g/mol. The van der Waals surface area contributed by atoms with E-state index >= 15 is 0 Å². The molecule has 10 heterocycles. The fraction of sp³-hybridized carbons (Fsp3) is 0.506. The van der Waals surface area contributed by atoms with E-state index < -0.39 is 0 Å². The van der Waals surface area contributed by atoms with Crippen LogP contribution in [0, 0.1) is 83.1 Å². The number of hydrogen-bond donors (Lipinski definition) is 0. The van der Waals surface area contributed by atoms with Crippen LogP contribution in [0.15, 0.2) is 105 Å². The molecule has 13 nitrogen and oxygen atoms in total. The summed E-state index contributed by atoms with van der Waals surface area (Å²) in [7, 11) is 12.2. The molecule has 0 N–H and O–H groups in total. The Morgan fingerprint density at radius 1 is 0.229 bits per heavy atom. The van der Waals surface area contributed by atoms with Gasteiger partial charge in [-0.2, -0.15) is 0 Å². The fourth-order valence-electron chi connectivity index (χ4n) is 9.14. The summed E-state index contributed by atoms with van der Waals surface area (Å²) in [5.74, 6) is 0. The van der Waals surface area contributed by atoms with Crippen LogP contribution < -0.4 is 0 Å². The van der Waals surface area contributed by atoms with E-state index in [-0.39, 0.29) is 89.1 Å². The molecule has 10 aromatic heterocycles. The number of rotatable bonds is 0. The van der Waals surface area contributed by atoms with Crippen molar-refractivity contribution in [3.8, 4) is 0 Å². The van der Waals surface area contributed by atoms with Crippen LogP contribution >= 0.6 is 0 Å². The average molecular weight is 1340 g/mol. The van der Waals surface area contributed by atoms with Crippen LogP contribution in [-0.2, 0) is 42.3 Å². The molecule has 0 atom stereocenters. The van der Waals surface area contributed by atoms with Crippen LogP contribution in [0.3, 0.4) is 0 Å². The Hall–Kier alpha value is -7.93. The molecule has 0 saturated heterocycles. The van der Waals surface area contributed by atoms with Gasteiger partial charge in [0.15, 0.2) is 5.65 Å². The first-order chi connectivity index (χ1) is 40.2. The second kappa shape index (κ2) is 57.3. The lowest BCUT2D eigenvalue weighted by Gasteiger charge is -2.03. The predicted octanol–water partition coefficient (Wildman–Crippen LogP) is 26.3. The summed E-state index contributed by atoms with van der Waals surface area (Å²) in [6.45, 7) is 49.2. The lowest BCUT2D eigenvalue weighted by Crippen LogP contribution is -1.92. The van der Waals surface area contributed by atoms with Gasteiger partial charge >= 0.3 is 0 Å². The van der Waals surface area contributed by atoms with Gasteiger partial charge in [0, 0.05) is 96.2 Å². The van der Waals surface area contributed by atoms with Crippen molar-refractivity contribution in [1.29, 1.82) is 0 Å². The molecular formula is C83H155N13. The molecule has 0 radical (unpaired) electrons. The zero-order chi connectivity index (χ0) is 64.3. The molecule has 552 valence electrons. The SMILES string of the molecule is C.C.C.C.C.C.C.C.C.C.C.C.CC.CC.CC.CC.CC.CC.Cc1ccc2ccn(C)c2c1C.Cc1ccc2ncn(C)c2c1C.Cc1cnc2ccn(C)c2c1C.Cc1cnc2ncn(C)c2c1C.Cc1ncc2ccn(C)c2c1C.Cc1ncc2ncn(C)c2c1C. The quantitative estimate of drug-likeness (QED) is 0.148. The summed E-state index contributed by atoms with van der Waals surface area (Å²) >= 11 is 0. The first-order valence-corrected chi connectivity index (χ1v) is 30.3. The topological polar surface area (TPSA) is 120 Å². The van der Waals surface area contributed by atoms with E-state index in [4.69, 9.17) is 0 Å². The predicted molar refractivity (Wildman–Crippen MR) is 448 cm³/mol. The Morgan fingerprint density at radius 3 is 1.03 bits per heavy atom. The van der Waals surface area contributed by atoms with E-state index in [1.165, 1.54) is 94.0 Å². The highest BCUT2D eigenvalue weighted by molar-refractivity contribution is 5.85. The van der Waals surface area contributed by atoms with Crippen LogP contribution in [0.2, 0.25) is 0 Å². The molecule has 12 aromatic rings. The van der Waals surface area contributed by atoms with Gasteiger partial charge in [0.25, 0.3) is 0 Å². The summed E-state index contributed by atoms with van der Waals surface area (Å²) in [6, 6.07) is 14.8. The number of nitrogens with zero attached hydrogens (tertiary/aromatic N) is 13. The maximum Gasteiger partial charge on any atom is 0.177 e. The second-order valence-electron chi connectivity index (χ2n) is 19.2. The highest BCUT2D eigenvalue weighted by Gasteiger charge is 2.09. The number of aromatic nitrogens is 13. The van der Waals surface area contributed by atoms with Gasteiger partial charge in [0.05, 0.1) is 69.3 Å². The van der Waals surface area contributed by atoms with Crippen molar-refractivity contribution in [2.45, 2.75) is 255 Å². The van der Waals surface area contributed by atoms with Crippen LogP contribution in [-0.4, -0.2) is 62.3 Å². The molecule has 0 unspecified atom stereocenters. The summed E-state index contributed by atoms with van der Waals surface area (Å²) < 4.78 is 12.5. The summed E-state index contributed by atoms with van der Waals surface area (Å²) in [5.41, 5.74) is 26.6. The number of hydrogen-bond acceptors (Lipinski definition) is 7. The van der Waals surface area contributed by atoms with Crippen LogP contribution in [0.25, 0.3) is 66.1 Å². The summed E-state index contributed by atoms with van der Waals surface area (Å²) in [6.07, 6.45) is 19.2. The van der Waals surface area contributed by atoms with Crippen molar-refractivity contribution in [1.82, 2.24) is 62.3 Å². The van der Waals surface area contributed by atoms with Crippen LogP contribution in [0.4, 0.5) is 0 Å². The van der Waals surface area contributed by atoms with Crippen molar-refractivity contribution in [3.63, 3.8) is 0 Å². The second-order valence-corrected chi connectivity index (χ2v) is 19.2. The minimum atomic E-state index is 0. The van der Waals surface area contributed by atoms with Crippen LogP contribution in [0.1, 0.15) is 239 Å². The zero-order valence-electron chi connectivity index (χ0n) is 57.6. The normalized spacial score (nSPS) is 8.56. The minimum absolute atomic E-state index is 0. The summed E-state index contributed by atoms with van der Waals surface area (Å²) in [4.78, 5) is 29.8. The van der Waals surface area contributed by atoms with Gasteiger partial charge in [-0.1, -0.05) is 190 Å². The van der Waals surface area contributed by atoms with E-state index in [0.717, 1.165) is 39.1 Å². The van der Waals surface area contributed by atoms with Gasteiger partial charge in [-0.25, -0.2) is 19.9 Å². The third-order valence-corrected chi connectivity index (χ3v) is 14.2. The van der Waals surface area contributed by atoms with E-state index in [1.807, 2.05) is 177 Å². The summed E-state index contributed by atoms with van der Waals surface area (Å²) in [5, 5.41) is 2.56. The number of benzene rings is 2. The lowest BCUT2D eigenvalue weighted by molar-refractivity contribution is 0.941. The standard InChI is InChI=1S/C11H13N.3C10H12N2.2C9H11N3.6C2H6.12CH4/c1-8-4-5-10-6-7-12(3)11(10)9(8)2;1-7-8(2)11-6-9-4-5-12(3)10(7)9;1-7-6-11-9-4-5-12(3)10(9)8(7)2;1-7-4-5-9-10(8(7)2)12(3)6-11-9;1-6-7(2)10-4-8-9(6)12(3)5-11-8;1-6-4-10-9-8(7(6)2)12(3)5-11-9;6*1-2;;;;;;;;;;;;/h4-7H,1-3H3;3*4-6H,1-3H3;2*4-5H,1-3H3;6*1-2H3;12*1H4. The van der Waals surface area contributed by atoms with Gasteiger partial charge in [-0.3, -0.25) is 15.0 Å². The minimum Gasteiger partial charge on any atom is -0.350 e. The van der Waals surface area contributed by atoms with Gasteiger partial charge in [-0.05, 0) is 168 Å². The first kappa shape index (κ1) is 115. The van der Waals surface area contributed by atoms with E-state index in [9.17, 15) is 0 Å². The Balaban J connectivity index is -0.0000000834. The van der Waals surface area contributed by atoms with Crippen molar-refractivity contribution in [2.24, 2.45) is 42.3 Å². The smallest absolute Gasteiger partial charge is 0.177 e. The van der Waals surface area contributed by atoms with Crippen molar-refractivity contribution < 1.29 is 0 Å². The molecule has 0 bridgehead atoms. The molecule has 0 fully saturated rings. The lowest BCUT2D eigenvalue weighted by atomic mass is 10.1. The van der Waals surface area contributed by atoms with Gasteiger partial charge in [-0.15, -0.1) is 0 Å². The Labute approximate surface area is 594 Å². The highest BCUT2D eigenvalue weighted by atomic mass is 15.1. The number of fused-ring (bicyclic) bond motifs is 6. The maximum absolute atomic E-state index is 4.34. The molecule has 0 aliphatic rings. The van der Waals surface area contributed by atoms with Crippen molar-refractivity contribution in [3.05, 3.63) is 172 Å². The monoisotopic (exact) mass is 1330 g/mol. The number of aryl methyl sites for hydroxylation is 18. The van der Waals surface area contributed by atoms with Crippen molar-refractivity contribution >= 4 is 66.1 Å². The zero-order valence-corrected chi connectivity index (χ0v) is 57.6. The highest BCUT2D eigenvalue weighted by Crippen LogP contribution is 2.24. The van der Waals surface area contributed by atoms with Gasteiger partial charge in [0.2, 0.25) is 0 Å². The molecule has 96 heavy (non-hydrogen) atoms. The molecule has 2 aromatic carbocycles. The molecule has 0 aliphatic carbocycles. The fourth-order valence-corrected chi connectivity index (χ4v) is 9.14. The van der Waals surface area contributed by atoms with Gasteiger partial charge in [0.1, 0.15) is 5.52 Å². The van der Waals surface area contributed by atoms with Crippen molar-refractivity contribution in [2.75, 3.05) is 0 Å². The first-order valence-electron chi connectivity index (χ1n) is 30.3. The molecule has 12 rings (SSSR count). The largest absolute Gasteiger partial charge is 0.350 e. The van der Waals surface area contributed by atoms with Crippen LogP contribution in [0.5, 0.6) is 0 Å².